The second kappa shape index (κ2) is 22.6. The molecule has 6 rings (SSSR count). The number of rotatable bonds is 20. The van der Waals surface area contributed by atoms with Gasteiger partial charge >= 0.3 is 11.9 Å². The molecule has 0 unspecified atom stereocenters. The number of nitrogens with zero attached hydrogens (tertiary/aromatic N) is 2. The number of carbonyl (C=O) groups is 2. The highest BCUT2D eigenvalue weighted by Gasteiger charge is 2.41. The van der Waals surface area contributed by atoms with Crippen molar-refractivity contribution in [1.82, 2.24) is 0 Å². The van der Waals surface area contributed by atoms with E-state index < -0.39 is 11.9 Å². The molecule has 0 saturated carbocycles. The number of aliphatic hydroxyl groups excluding tert-OH is 3. The lowest BCUT2D eigenvalue weighted by molar-refractivity contribution is -0.941. The lowest BCUT2D eigenvalue weighted by Gasteiger charge is -2.46. The monoisotopic (exact) mass is 910 g/mol. The molecule has 0 bridgehead atoms. The summed E-state index contributed by atoms with van der Waals surface area (Å²) >= 11 is 0. The van der Waals surface area contributed by atoms with Crippen LogP contribution >= 0.6 is 0 Å². The second-order valence-corrected chi connectivity index (χ2v) is 17.6. The Morgan fingerprint density at radius 3 is 1.50 bits per heavy atom. The molecule has 354 valence electrons. The summed E-state index contributed by atoms with van der Waals surface area (Å²) in [6, 6.07) is 20.0. The normalized spacial score (nSPS) is 19.6. The van der Waals surface area contributed by atoms with Gasteiger partial charge in [-0.15, -0.1) is 0 Å². The van der Waals surface area contributed by atoms with E-state index in [0.717, 1.165) is 60.3 Å². The predicted octanol–water partition coefficient (Wildman–Crippen LogP) is 5.35. The molecule has 0 spiro atoms. The molecular weight excluding hydrogens is 845 g/mol. The maximum Gasteiger partial charge on any atom is 0.384 e. The van der Waals surface area contributed by atoms with Crippen LogP contribution in [-0.2, 0) is 64.6 Å². The molecule has 0 radical (unpaired) electrons. The van der Waals surface area contributed by atoms with E-state index in [4.69, 9.17) is 33.2 Å². The van der Waals surface area contributed by atoms with Gasteiger partial charge in [-0.05, 0) is 69.8 Å². The summed E-state index contributed by atoms with van der Waals surface area (Å²) in [7, 11) is 12.5. The van der Waals surface area contributed by atoms with Crippen molar-refractivity contribution >= 4 is 11.9 Å². The molecule has 14 nitrogen and oxygen atoms in total. The van der Waals surface area contributed by atoms with Crippen LogP contribution in [0.4, 0.5) is 0 Å². The number of hydrogen-bond acceptors (Lipinski definition) is 12. The van der Waals surface area contributed by atoms with Crippen LogP contribution in [0.15, 0.2) is 60.7 Å². The van der Waals surface area contributed by atoms with Crippen molar-refractivity contribution in [2.24, 2.45) is 0 Å². The molecule has 4 aromatic carbocycles. The molecule has 0 aromatic heterocycles. The van der Waals surface area contributed by atoms with Gasteiger partial charge in [0.15, 0.2) is 23.0 Å². The van der Waals surface area contributed by atoms with Crippen LogP contribution < -0.4 is 23.7 Å². The number of esters is 2. The Bertz CT molecular complexity index is 2250. The molecule has 2 aliphatic heterocycles. The van der Waals surface area contributed by atoms with E-state index >= 15 is 0 Å². The standard InChI is InChI=1S/C52H66N2O12/c1-53(20-16-37-28-40(33-56)41(34-57)29-42(37)44(53)24-35-10-12-39(32-55)47(26-35)61-4)18-8-22-65-51(58)14-15-52(59)66-23-9-19-54(2)21-17-38-30-49(63-6)50(64-7)31-43(38)45(54)25-36-11-13-46(60-3)48(27-36)62-5/h10-13,26-31,44-45,55-57H,8-9,16-25,32-34H2,1-7H3/q+2/t44-,45-,53-,54-/m1/s1. The number of likely N-dealkylation sites (N-methyl/N-ethyl adjacent to an activating group) is 2. The Morgan fingerprint density at radius 1 is 0.545 bits per heavy atom. The minimum atomic E-state index is -0.801. The highest BCUT2D eigenvalue weighted by atomic mass is 16.5. The van der Waals surface area contributed by atoms with Crippen LogP contribution in [0.25, 0.3) is 0 Å². The molecule has 4 aromatic rings. The topological polar surface area (TPSA) is 159 Å². The number of hydrogen-bond donors (Lipinski definition) is 3. The van der Waals surface area contributed by atoms with Crippen LogP contribution in [0.1, 0.15) is 75.0 Å². The Labute approximate surface area is 388 Å². The quantitative estimate of drug-likeness (QED) is 0.0344. The zero-order valence-corrected chi connectivity index (χ0v) is 39.4. The third-order valence-electron chi connectivity index (χ3n) is 13.6. The first-order valence-corrected chi connectivity index (χ1v) is 22.5. The molecule has 4 atom stereocenters. The lowest BCUT2D eigenvalue weighted by Crippen LogP contribution is -2.52. The smallest absolute Gasteiger partial charge is 0.384 e. The van der Waals surface area contributed by atoms with Crippen molar-refractivity contribution in [2.75, 3.05) is 89.0 Å². The Hall–Kier alpha value is -5.82. The van der Waals surface area contributed by atoms with Crippen molar-refractivity contribution in [3.05, 3.63) is 111 Å². The number of carbonyl (C=O) groups excluding carboxylic acids is 2. The molecule has 0 aliphatic carbocycles. The van der Waals surface area contributed by atoms with Crippen molar-refractivity contribution in [3.8, 4) is 40.6 Å². The summed E-state index contributed by atoms with van der Waals surface area (Å²) in [6.07, 6.45) is 4.10. The Kier molecular flexibility index (Phi) is 17.0. The second-order valence-electron chi connectivity index (χ2n) is 17.6. The fourth-order valence-corrected chi connectivity index (χ4v) is 9.83. The van der Waals surface area contributed by atoms with E-state index in [1.54, 1.807) is 35.5 Å². The van der Waals surface area contributed by atoms with E-state index in [2.05, 4.69) is 44.1 Å². The number of benzene rings is 4. The van der Waals surface area contributed by atoms with E-state index in [9.17, 15) is 24.9 Å². The van der Waals surface area contributed by atoms with Gasteiger partial charge in [0.1, 0.15) is 17.8 Å². The number of fused-ring (bicyclic) bond motifs is 2. The zero-order valence-electron chi connectivity index (χ0n) is 39.4. The van der Waals surface area contributed by atoms with Crippen molar-refractivity contribution < 1.29 is 67.0 Å². The van der Waals surface area contributed by atoms with E-state index in [1.807, 2.05) is 42.5 Å². The largest absolute Gasteiger partial charge is 0.496 e. The van der Waals surface area contributed by atoms with Crippen LogP contribution in [0.5, 0.6) is 28.7 Å². The highest BCUT2D eigenvalue weighted by molar-refractivity contribution is 5.98. The molecule has 14 heteroatoms. The zero-order chi connectivity index (χ0) is 47.4. The fraction of sp³-hybridized carbons (Fsp3) is 0.462. The first kappa shape index (κ1) is 49.6. The van der Waals surface area contributed by atoms with E-state index in [-0.39, 0.29) is 45.1 Å². The summed E-state index contributed by atoms with van der Waals surface area (Å²) in [6.45, 7) is 2.83. The summed E-state index contributed by atoms with van der Waals surface area (Å²) in [5.74, 6) is 6.31. The minimum absolute atomic E-state index is 0.0202. The SMILES string of the molecule is COc1cc(C[C@@H]2c3cc(CO)c(CO)cc3CC[N@@+]2(C)CCCOC(=O)C#CC(=O)OCCC[N@+]2(C)CCc3cc(OC)c(OC)cc3[C@H]2Cc2ccc(OC)c(OC)c2)ccc1CO. The third kappa shape index (κ3) is 11.4. The number of ether oxygens (including phenoxy) is 7. The van der Waals surface area contributed by atoms with E-state index in [0.29, 0.717) is 81.1 Å². The molecule has 66 heavy (non-hydrogen) atoms. The number of methoxy groups -OCH3 is 5. The molecule has 2 aliphatic rings. The average Bonchev–Trinajstić information content (AvgIpc) is 3.34. The minimum Gasteiger partial charge on any atom is -0.496 e. The van der Waals surface area contributed by atoms with Crippen LogP contribution in [0.2, 0.25) is 0 Å². The summed E-state index contributed by atoms with van der Waals surface area (Å²) in [5, 5.41) is 30.0. The molecule has 0 fully saturated rings. The highest BCUT2D eigenvalue weighted by Crippen LogP contribution is 2.44. The van der Waals surface area contributed by atoms with Crippen molar-refractivity contribution in [3.63, 3.8) is 0 Å². The first-order valence-electron chi connectivity index (χ1n) is 22.5. The van der Waals surface area contributed by atoms with Gasteiger partial charge < -0.3 is 57.4 Å². The van der Waals surface area contributed by atoms with Gasteiger partial charge in [0.25, 0.3) is 0 Å². The van der Waals surface area contributed by atoms with Crippen molar-refractivity contribution in [2.45, 2.75) is 70.4 Å². The van der Waals surface area contributed by atoms with Crippen LogP contribution in [0, 0.1) is 11.8 Å². The van der Waals surface area contributed by atoms with Crippen molar-refractivity contribution in [1.29, 1.82) is 0 Å². The van der Waals surface area contributed by atoms with Gasteiger partial charge in [-0.3, -0.25) is 0 Å². The van der Waals surface area contributed by atoms with Gasteiger partial charge in [-0.25, -0.2) is 9.59 Å². The summed E-state index contributed by atoms with van der Waals surface area (Å²) < 4.78 is 40.3. The summed E-state index contributed by atoms with van der Waals surface area (Å²) in [5.41, 5.74) is 8.85. The maximum atomic E-state index is 12.7. The third-order valence-corrected chi connectivity index (χ3v) is 13.6. The van der Waals surface area contributed by atoms with Gasteiger partial charge in [0, 0.05) is 67.1 Å². The molecule has 2 heterocycles. The Balaban J connectivity index is 1.05. The predicted molar refractivity (Wildman–Crippen MR) is 247 cm³/mol. The van der Waals surface area contributed by atoms with E-state index in [1.165, 1.54) is 11.1 Å². The van der Waals surface area contributed by atoms with Gasteiger partial charge in [0.2, 0.25) is 0 Å². The summed E-state index contributed by atoms with van der Waals surface area (Å²) in [4.78, 5) is 25.4. The number of quaternary nitrogens is 2. The Morgan fingerprint density at radius 2 is 0.985 bits per heavy atom. The van der Waals surface area contributed by atoms with Crippen LogP contribution in [0.3, 0.4) is 0 Å². The molecule has 0 amide bonds. The first-order chi connectivity index (χ1) is 31.9. The number of aliphatic hydroxyl groups is 3. The van der Waals surface area contributed by atoms with Gasteiger partial charge in [0.05, 0.1) is 109 Å². The lowest BCUT2D eigenvalue weighted by atomic mass is 9.84. The van der Waals surface area contributed by atoms with Crippen LogP contribution in [-0.4, -0.2) is 125 Å². The molecular formula is C52H66N2O12+2. The van der Waals surface area contributed by atoms with Gasteiger partial charge in [-0.2, -0.15) is 0 Å². The average molecular weight is 911 g/mol. The molecule has 0 saturated heterocycles. The maximum absolute atomic E-state index is 12.7. The fourth-order valence-electron chi connectivity index (χ4n) is 9.83. The molecule has 3 N–H and O–H groups in total. The van der Waals surface area contributed by atoms with Gasteiger partial charge in [-0.1, -0.05) is 24.3 Å².